The largest absolute Gasteiger partial charge is 0.496 e. The summed E-state index contributed by atoms with van der Waals surface area (Å²) < 4.78 is 12.8. The smallest absolute Gasteiger partial charge is 0.203 e. The van der Waals surface area contributed by atoms with E-state index < -0.39 is 0 Å². The highest BCUT2D eigenvalue weighted by atomic mass is 35.5. The van der Waals surface area contributed by atoms with Gasteiger partial charge in [-0.3, -0.25) is 9.48 Å². The number of aryl methyl sites for hydroxylation is 2. The first-order valence-corrected chi connectivity index (χ1v) is 10.1. The number of hydrogen-bond donors (Lipinski definition) is 0. The summed E-state index contributed by atoms with van der Waals surface area (Å²) in [6.45, 7) is 2.01. The molecule has 156 valence electrons. The SMILES string of the molecule is COc1ccc(/C=C/C(=O)c2cc(C)nn2C)cc1COc1c(Cl)cc(Cl)cc1Cl. The Morgan fingerprint density at radius 1 is 1.13 bits per heavy atom. The van der Waals surface area contributed by atoms with E-state index in [0.29, 0.717) is 32.3 Å². The molecular formula is C22H19Cl3N2O3. The first-order valence-electron chi connectivity index (χ1n) is 8.95. The second-order valence-corrected chi connectivity index (χ2v) is 7.80. The van der Waals surface area contributed by atoms with Crippen molar-refractivity contribution in [2.24, 2.45) is 7.05 Å². The Hall–Kier alpha value is -2.47. The van der Waals surface area contributed by atoms with Crippen LogP contribution in [0.3, 0.4) is 0 Å². The van der Waals surface area contributed by atoms with Gasteiger partial charge >= 0.3 is 0 Å². The Labute approximate surface area is 189 Å². The summed E-state index contributed by atoms with van der Waals surface area (Å²) in [4.78, 5) is 12.4. The molecule has 2 aromatic carbocycles. The Kier molecular flexibility index (Phi) is 7.08. The van der Waals surface area contributed by atoms with E-state index in [-0.39, 0.29) is 12.4 Å². The minimum atomic E-state index is -0.133. The molecule has 0 amide bonds. The van der Waals surface area contributed by atoms with Crippen molar-refractivity contribution >= 4 is 46.7 Å². The fourth-order valence-electron chi connectivity index (χ4n) is 2.93. The number of ether oxygens (including phenoxy) is 2. The van der Waals surface area contributed by atoms with Gasteiger partial charge in [-0.15, -0.1) is 0 Å². The number of carbonyl (C=O) groups excluding carboxylic acids is 1. The maximum Gasteiger partial charge on any atom is 0.203 e. The lowest BCUT2D eigenvalue weighted by Gasteiger charge is -2.13. The number of ketones is 1. The molecule has 0 atom stereocenters. The van der Waals surface area contributed by atoms with Crippen molar-refractivity contribution in [3.63, 3.8) is 0 Å². The van der Waals surface area contributed by atoms with E-state index >= 15 is 0 Å². The molecule has 1 aromatic heterocycles. The lowest BCUT2D eigenvalue weighted by Crippen LogP contribution is -2.04. The number of aromatic nitrogens is 2. The summed E-state index contributed by atoms with van der Waals surface area (Å²) in [5, 5.41) is 5.26. The highest BCUT2D eigenvalue weighted by Gasteiger charge is 2.12. The Balaban J connectivity index is 1.80. The molecule has 8 heteroatoms. The van der Waals surface area contributed by atoms with Crippen LogP contribution in [0.15, 0.2) is 42.5 Å². The zero-order chi connectivity index (χ0) is 21.8. The Bertz CT molecular complexity index is 1100. The number of halogens is 3. The van der Waals surface area contributed by atoms with Gasteiger partial charge in [-0.1, -0.05) is 46.9 Å². The molecule has 0 aliphatic heterocycles. The second-order valence-electron chi connectivity index (χ2n) is 6.55. The summed E-state index contributed by atoms with van der Waals surface area (Å²) in [7, 11) is 3.31. The molecule has 5 nitrogen and oxygen atoms in total. The summed E-state index contributed by atoms with van der Waals surface area (Å²) in [5.74, 6) is 0.848. The molecule has 0 saturated heterocycles. The summed E-state index contributed by atoms with van der Waals surface area (Å²) in [5.41, 5.74) is 2.89. The van der Waals surface area contributed by atoms with E-state index in [1.54, 1.807) is 43.1 Å². The minimum absolute atomic E-state index is 0.133. The number of hydrogen-bond acceptors (Lipinski definition) is 4. The van der Waals surface area contributed by atoms with Gasteiger partial charge in [0.2, 0.25) is 5.78 Å². The third kappa shape index (κ3) is 5.17. The van der Waals surface area contributed by atoms with Gasteiger partial charge in [0.05, 0.1) is 22.8 Å². The third-order valence-corrected chi connectivity index (χ3v) is 5.10. The Morgan fingerprint density at radius 2 is 1.83 bits per heavy atom. The first-order chi connectivity index (χ1) is 14.3. The molecule has 0 saturated carbocycles. The average molecular weight is 466 g/mol. The number of methoxy groups -OCH3 is 1. The van der Waals surface area contributed by atoms with Gasteiger partial charge in [0, 0.05) is 17.6 Å². The molecule has 0 bridgehead atoms. The minimum Gasteiger partial charge on any atom is -0.496 e. The number of nitrogens with zero attached hydrogens (tertiary/aromatic N) is 2. The van der Waals surface area contributed by atoms with Crippen LogP contribution >= 0.6 is 34.8 Å². The fraction of sp³-hybridized carbons (Fsp3) is 0.182. The van der Waals surface area contributed by atoms with E-state index in [2.05, 4.69) is 5.10 Å². The van der Waals surface area contributed by atoms with Crippen LogP contribution in [0.5, 0.6) is 11.5 Å². The molecule has 30 heavy (non-hydrogen) atoms. The molecule has 0 aliphatic carbocycles. The second kappa shape index (κ2) is 9.56. The zero-order valence-corrected chi connectivity index (χ0v) is 18.8. The van der Waals surface area contributed by atoms with Crippen LogP contribution in [0.4, 0.5) is 0 Å². The predicted octanol–water partition coefficient (Wildman–Crippen LogP) is 6.17. The molecule has 0 N–H and O–H groups in total. The zero-order valence-electron chi connectivity index (χ0n) is 16.6. The van der Waals surface area contributed by atoms with Crippen molar-refractivity contribution in [2.45, 2.75) is 13.5 Å². The van der Waals surface area contributed by atoms with E-state index in [4.69, 9.17) is 44.3 Å². The summed E-state index contributed by atoms with van der Waals surface area (Å²) >= 11 is 18.3. The van der Waals surface area contributed by atoms with Gasteiger partial charge in [-0.2, -0.15) is 5.10 Å². The van der Waals surface area contributed by atoms with Crippen molar-refractivity contribution in [3.8, 4) is 11.5 Å². The average Bonchev–Trinajstić information content (AvgIpc) is 3.03. The van der Waals surface area contributed by atoms with Crippen molar-refractivity contribution in [1.82, 2.24) is 9.78 Å². The van der Waals surface area contributed by atoms with Crippen molar-refractivity contribution in [3.05, 3.63) is 80.1 Å². The van der Waals surface area contributed by atoms with Crippen molar-refractivity contribution in [2.75, 3.05) is 7.11 Å². The predicted molar refractivity (Wildman–Crippen MR) is 120 cm³/mol. The topological polar surface area (TPSA) is 53.3 Å². The number of rotatable bonds is 7. The van der Waals surface area contributed by atoms with Crippen LogP contribution in [0.2, 0.25) is 15.1 Å². The highest BCUT2D eigenvalue weighted by Crippen LogP contribution is 2.36. The third-order valence-electron chi connectivity index (χ3n) is 4.32. The van der Waals surface area contributed by atoms with Crippen LogP contribution < -0.4 is 9.47 Å². The molecule has 3 aromatic rings. The monoisotopic (exact) mass is 464 g/mol. The number of allylic oxidation sites excluding steroid dienone is 1. The van der Waals surface area contributed by atoms with E-state index in [9.17, 15) is 4.79 Å². The normalized spacial score (nSPS) is 11.1. The molecule has 0 fully saturated rings. The van der Waals surface area contributed by atoms with Crippen LogP contribution in [-0.2, 0) is 13.7 Å². The van der Waals surface area contributed by atoms with Crippen LogP contribution in [0.1, 0.15) is 27.3 Å². The van der Waals surface area contributed by atoms with Gasteiger partial charge in [0.25, 0.3) is 0 Å². The van der Waals surface area contributed by atoms with E-state index in [1.165, 1.54) is 6.08 Å². The van der Waals surface area contributed by atoms with E-state index in [1.807, 2.05) is 25.1 Å². The van der Waals surface area contributed by atoms with Crippen molar-refractivity contribution in [1.29, 1.82) is 0 Å². The standard InChI is InChI=1S/C22H19Cl3N2O3/c1-13-8-19(27(2)26-13)20(28)6-4-14-5-7-21(29-3)15(9-14)12-30-22-17(24)10-16(23)11-18(22)25/h4-11H,12H2,1-3H3/b6-4+. The van der Waals surface area contributed by atoms with Crippen molar-refractivity contribution < 1.29 is 14.3 Å². The van der Waals surface area contributed by atoms with Gasteiger partial charge in [-0.25, -0.2) is 0 Å². The quantitative estimate of drug-likeness (QED) is 0.309. The lowest BCUT2D eigenvalue weighted by atomic mass is 10.1. The van der Waals surface area contributed by atoms with Crippen LogP contribution in [-0.4, -0.2) is 22.7 Å². The molecule has 0 aliphatic rings. The summed E-state index contributed by atoms with van der Waals surface area (Å²) in [6, 6.07) is 10.4. The maximum atomic E-state index is 12.4. The van der Waals surface area contributed by atoms with Crippen LogP contribution in [0, 0.1) is 6.92 Å². The lowest BCUT2D eigenvalue weighted by molar-refractivity contribution is 0.103. The van der Waals surface area contributed by atoms with Gasteiger partial charge in [-0.05, 0) is 48.9 Å². The molecular weight excluding hydrogens is 447 g/mol. The molecule has 3 rings (SSSR count). The highest BCUT2D eigenvalue weighted by molar-refractivity contribution is 6.40. The van der Waals surface area contributed by atoms with Gasteiger partial charge in [0.15, 0.2) is 5.75 Å². The maximum absolute atomic E-state index is 12.4. The molecule has 0 radical (unpaired) electrons. The van der Waals surface area contributed by atoms with Gasteiger partial charge in [0.1, 0.15) is 18.1 Å². The molecule has 1 heterocycles. The Morgan fingerprint density at radius 3 is 2.43 bits per heavy atom. The van der Waals surface area contributed by atoms with E-state index in [0.717, 1.165) is 16.8 Å². The summed E-state index contributed by atoms with van der Waals surface area (Å²) in [6.07, 6.45) is 3.24. The number of benzene rings is 2. The van der Waals surface area contributed by atoms with Crippen LogP contribution in [0.25, 0.3) is 6.08 Å². The molecule has 0 spiro atoms. The first kappa shape index (κ1) is 22.2. The molecule has 0 unspecified atom stereocenters. The number of carbonyl (C=O) groups is 1. The fourth-order valence-corrected chi connectivity index (χ4v) is 3.86. The van der Waals surface area contributed by atoms with Gasteiger partial charge < -0.3 is 9.47 Å².